The van der Waals surface area contributed by atoms with Gasteiger partial charge in [0, 0.05) is 19.1 Å². The molecule has 0 aromatic carbocycles. The van der Waals surface area contributed by atoms with Crippen LogP contribution in [0.1, 0.15) is 32.1 Å². The van der Waals surface area contributed by atoms with E-state index in [1.165, 1.54) is 32.2 Å². The fraction of sp³-hybridized carbons (Fsp3) is 0.933. The number of piperidine rings is 1. The van der Waals surface area contributed by atoms with Crippen molar-refractivity contribution < 1.29 is 4.79 Å². The SMILES string of the molecule is CN(C)CC1CCN(CCC(NC2CC2)C(N)=O)CC1. The Kier molecular flexibility index (Phi) is 5.81. The Morgan fingerprint density at radius 3 is 2.45 bits per heavy atom. The van der Waals surface area contributed by atoms with Gasteiger partial charge < -0.3 is 20.9 Å². The van der Waals surface area contributed by atoms with Gasteiger partial charge in [-0.1, -0.05) is 0 Å². The Bertz CT molecular complexity index is 309. The van der Waals surface area contributed by atoms with E-state index in [1.54, 1.807) is 0 Å². The first kappa shape index (κ1) is 15.7. The van der Waals surface area contributed by atoms with Gasteiger partial charge in [-0.05, 0) is 65.2 Å². The Hall–Kier alpha value is -0.650. The molecular weight excluding hydrogens is 252 g/mol. The van der Waals surface area contributed by atoms with Gasteiger partial charge in [-0.3, -0.25) is 4.79 Å². The van der Waals surface area contributed by atoms with E-state index >= 15 is 0 Å². The van der Waals surface area contributed by atoms with Crippen molar-refractivity contribution in [2.24, 2.45) is 11.7 Å². The van der Waals surface area contributed by atoms with Crippen LogP contribution in [0.15, 0.2) is 0 Å². The van der Waals surface area contributed by atoms with Crippen LogP contribution in [0.4, 0.5) is 0 Å². The van der Waals surface area contributed by atoms with Crippen LogP contribution in [0.2, 0.25) is 0 Å². The zero-order chi connectivity index (χ0) is 14.5. The maximum absolute atomic E-state index is 11.4. The highest BCUT2D eigenvalue weighted by molar-refractivity contribution is 5.79. The van der Waals surface area contributed by atoms with Gasteiger partial charge in [0.1, 0.15) is 0 Å². The van der Waals surface area contributed by atoms with Crippen molar-refractivity contribution in [3.63, 3.8) is 0 Å². The highest BCUT2D eigenvalue weighted by atomic mass is 16.1. The number of nitrogens with two attached hydrogens (primary N) is 1. The highest BCUT2D eigenvalue weighted by Crippen LogP contribution is 2.21. The van der Waals surface area contributed by atoms with E-state index in [4.69, 9.17) is 5.73 Å². The van der Waals surface area contributed by atoms with Crippen molar-refractivity contribution in [3.8, 4) is 0 Å². The molecule has 2 aliphatic rings. The first-order valence-electron chi connectivity index (χ1n) is 7.97. The molecule has 5 nitrogen and oxygen atoms in total. The number of nitrogens with one attached hydrogen (secondary N) is 1. The summed E-state index contributed by atoms with van der Waals surface area (Å²) in [6, 6.07) is 0.403. The lowest BCUT2D eigenvalue weighted by Gasteiger charge is -2.33. The van der Waals surface area contributed by atoms with E-state index < -0.39 is 0 Å². The minimum Gasteiger partial charge on any atom is -0.368 e. The third kappa shape index (κ3) is 5.38. The molecule has 2 rings (SSSR count). The molecule has 1 aliphatic carbocycles. The topological polar surface area (TPSA) is 61.6 Å². The normalized spacial score (nSPS) is 23.1. The van der Waals surface area contributed by atoms with E-state index in [-0.39, 0.29) is 11.9 Å². The number of amides is 1. The maximum Gasteiger partial charge on any atom is 0.234 e. The van der Waals surface area contributed by atoms with Crippen LogP contribution < -0.4 is 11.1 Å². The molecule has 0 bridgehead atoms. The molecule has 1 unspecified atom stereocenters. The van der Waals surface area contributed by atoms with Crippen molar-refractivity contribution in [1.82, 2.24) is 15.1 Å². The van der Waals surface area contributed by atoms with Crippen molar-refractivity contribution in [3.05, 3.63) is 0 Å². The lowest BCUT2D eigenvalue weighted by Crippen LogP contribution is -2.45. The number of carbonyl (C=O) groups is 1. The summed E-state index contributed by atoms with van der Waals surface area (Å²) in [5.74, 6) is 0.636. The van der Waals surface area contributed by atoms with Gasteiger partial charge in [-0.15, -0.1) is 0 Å². The van der Waals surface area contributed by atoms with Crippen LogP contribution in [0.5, 0.6) is 0 Å². The molecule has 0 aromatic heterocycles. The predicted molar refractivity (Wildman–Crippen MR) is 81.5 cm³/mol. The maximum atomic E-state index is 11.4. The number of hydrogen-bond donors (Lipinski definition) is 2. The van der Waals surface area contributed by atoms with E-state index in [0.717, 1.165) is 32.0 Å². The minimum absolute atomic E-state index is 0.137. The standard InChI is InChI=1S/C15H30N4O/c1-18(2)11-12-5-8-19(9-6-12)10-7-14(15(16)20)17-13-3-4-13/h12-14,17H,3-11H2,1-2H3,(H2,16,20). The molecule has 20 heavy (non-hydrogen) atoms. The highest BCUT2D eigenvalue weighted by Gasteiger charge is 2.28. The molecule has 1 saturated heterocycles. The van der Waals surface area contributed by atoms with Crippen molar-refractivity contribution >= 4 is 5.91 Å². The van der Waals surface area contributed by atoms with Crippen LogP contribution >= 0.6 is 0 Å². The summed E-state index contributed by atoms with van der Waals surface area (Å²) in [6.07, 6.45) is 5.79. The molecule has 0 aromatic rings. The summed E-state index contributed by atoms with van der Waals surface area (Å²) in [5.41, 5.74) is 5.48. The zero-order valence-electron chi connectivity index (χ0n) is 13.0. The molecule has 1 amide bonds. The van der Waals surface area contributed by atoms with Crippen molar-refractivity contribution in [1.29, 1.82) is 0 Å². The lowest BCUT2D eigenvalue weighted by atomic mass is 9.96. The summed E-state index contributed by atoms with van der Waals surface area (Å²) in [5, 5.41) is 3.36. The number of likely N-dealkylation sites (tertiary alicyclic amines) is 1. The van der Waals surface area contributed by atoms with Crippen LogP contribution in [0.25, 0.3) is 0 Å². The second-order valence-corrected chi connectivity index (χ2v) is 6.73. The van der Waals surface area contributed by atoms with Crippen LogP contribution in [-0.4, -0.2) is 68.1 Å². The van der Waals surface area contributed by atoms with E-state index in [1.807, 2.05) is 0 Å². The fourth-order valence-electron chi connectivity index (χ4n) is 3.06. The number of carbonyl (C=O) groups excluding carboxylic acids is 1. The Labute approximate surface area is 122 Å². The summed E-state index contributed by atoms with van der Waals surface area (Å²) in [7, 11) is 4.29. The summed E-state index contributed by atoms with van der Waals surface area (Å²) in [6.45, 7) is 4.50. The molecule has 5 heteroatoms. The van der Waals surface area contributed by atoms with Crippen LogP contribution in [0.3, 0.4) is 0 Å². The molecule has 0 radical (unpaired) electrons. The third-order valence-electron chi connectivity index (χ3n) is 4.42. The molecule has 0 spiro atoms. The smallest absolute Gasteiger partial charge is 0.234 e. The molecule has 116 valence electrons. The van der Waals surface area contributed by atoms with Gasteiger partial charge in [0.05, 0.1) is 6.04 Å². The number of nitrogens with zero attached hydrogens (tertiary/aromatic N) is 2. The lowest BCUT2D eigenvalue weighted by molar-refractivity contribution is -0.120. The second-order valence-electron chi connectivity index (χ2n) is 6.73. The van der Waals surface area contributed by atoms with E-state index in [9.17, 15) is 4.79 Å². The quantitative estimate of drug-likeness (QED) is 0.670. The molecule has 1 atom stereocenters. The average Bonchev–Trinajstić information content (AvgIpc) is 3.19. The van der Waals surface area contributed by atoms with Crippen molar-refractivity contribution in [2.75, 3.05) is 40.3 Å². The number of primary amides is 1. The Morgan fingerprint density at radius 1 is 1.30 bits per heavy atom. The minimum atomic E-state index is -0.195. The largest absolute Gasteiger partial charge is 0.368 e. The Balaban J connectivity index is 1.65. The molecule has 2 fully saturated rings. The molecule has 3 N–H and O–H groups in total. The molecule has 1 aliphatic heterocycles. The molecular formula is C15H30N4O. The molecule has 1 saturated carbocycles. The van der Waals surface area contributed by atoms with Gasteiger partial charge in [0.25, 0.3) is 0 Å². The van der Waals surface area contributed by atoms with Crippen LogP contribution in [0, 0.1) is 5.92 Å². The van der Waals surface area contributed by atoms with Crippen molar-refractivity contribution in [2.45, 2.75) is 44.2 Å². The predicted octanol–water partition coefficient (Wildman–Crippen LogP) is 0.256. The first-order chi connectivity index (χ1) is 9.54. The zero-order valence-corrected chi connectivity index (χ0v) is 13.0. The Morgan fingerprint density at radius 2 is 1.95 bits per heavy atom. The number of rotatable bonds is 8. The van der Waals surface area contributed by atoms with Gasteiger partial charge in [-0.2, -0.15) is 0 Å². The monoisotopic (exact) mass is 282 g/mol. The third-order valence-corrected chi connectivity index (χ3v) is 4.42. The fourth-order valence-corrected chi connectivity index (χ4v) is 3.06. The van der Waals surface area contributed by atoms with E-state index in [0.29, 0.717) is 6.04 Å². The van der Waals surface area contributed by atoms with Gasteiger partial charge in [0.15, 0.2) is 0 Å². The first-order valence-corrected chi connectivity index (χ1v) is 7.97. The summed E-state index contributed by atoms with van der Waals surface area (Å²) >= 11 is 0. The average molecular weight is 282 g/mol. The van der Waals surface area contributed by atoms with E-state index in [2.05, 4.69) is 29.2 Å². The second kappa shape index (κ2) is 7.38. The van der Waals surface area contributed by atoms with Gasteiger partial charge >= 0.3 is 0 Å². The van der Waals surface area contributed by atoms with Crippen LogP contribution in [-0.2, 0) is 4.79 Å². The molecule has 1 heterocycles. The summed E-state index contributed by atoms with van der Waals surface area (Å²) < 4.78 is 0. The van der Waals surface area contributed by atoms with Gasteiger partial charge in [0.2, 0.25) is 5.91 Å². The summed E-state index contributed by atoms with van der Waals surface area (Å²) in [4.78, 5) is 16.2. The number of hydrogen-bond acceptors (Lipinski definition) is 4. The van der Waals surface area contributed by atoms with Gasteiger partial charge in [-0.25, -0.2) is 0 Å².